The minimum Gasteiger partial charge on any atom is -0.340 e. The number of carbonyl (C=O) groups is 2. The maximum Gasteiger partial charge on any atom is 0.253 e. The number of aryl methyl sites for hydroxylation is 1. The Morgan fingerprint density at radius 3 is 2.37 bits per heavy atom. The van der Waals surface area contributed by atoms with Gasteiger partial charge in [-0.2, -0.15) is 0 Å². The molecule has 1 aromatic rings. The van der Waals surface area contributed by atoms with Crippen molar-refractivity contribution >= 4 is 17.5 Å². The van der Waals surface area contributed by atoms with Gasteiger partial charge in [0.15, 0.2) is 0 Å². The van der Waals surface area contributed by atoms with Crippen molar-refractivity contribution in [3.05, 3.63) is 29.8 Å². The lowest BCUT2D eigenvalue weighted by molar-refractivity contribution is -0.137. The Hall–Kier alpha value is -1.84. The number of hydrogen-bond acceptors (Lipinski definition) is 2. The lowest BCUT2D eigenvalue weighted by Crippen LogP contribution is -2.68. The predicted molar refractivity (Wildman–Crippen MR) is 75.0 cm³/mol. The molecule has 1 aromatic carbocycles. The molecule has 1 N–H and O–H groups in total. The van der Waals surface area contributed by atoms with Crippen molar-refractivity contribution in [3.8, 4) is 0 Å². The van der Waals surface area contributed by atoms with Crippen LogP contribution in [0, 0.1) is 6.92 Å². The van der Waals surface area contributed by atoms with Gasteiger partial charge in [0.05, 0.1) is 0 Å². The van der Waals surface area contributed by atoms with Crippen LogP contribution >= 0.6 is 0 Å². The van der Waals surface area contributed by atoms with Gasteiger partial charge in [-0.25, -0.2) is 0 Å². The number of hydrogen-bond donors (Lipinski definition) is 1. The fraction of sp³-hybridized carbons (Fsp3) is 0.467. The van der Waals surface area contributed by atoms with Crippen LogP contribution in [0.1, 0.15) is 32.8 Å². The summed E-state index contributed by atoms with van der Waals surface area (Å²) in [5.41, 5.74) is 1.09. The van der Waals surface area contributed by atoms with Gasteiger partial charge in [0, 0.05) is 5.69 Å². The van der Waals surface area contributed by atoms with Crippen LogP contribution in [0.3, 0.4) is 0 Å². The lowest BCUT2D eigenvalue weighted by Gasteiger charge is -2.43. The highest BCUT2D eigenvalue weighted by atomic mass is 16.2. The van der Waals surface area contributed by atoms with Crippen molar-refractivity contribution in [3.63, 3.8) is 0 Å². The van der Waals surface area contributed by atoms with Crippen LogP contribution in [0.4, 0.5) is 5.69 Å². The summed E-state index contributed by atoms with van der Waals surface area (Å²) in [6.07, 6.45) is 0.576. The molecule has 1 saturated heterocycles. The third kappa shape index (κ3) is 2.23. The Morgan fingerprint density at radius 1 is 1.26 bits per heavy atom. The number of rotatable bonds is 2. The molecule has 2 unspecified atom stereocenters. The number of nitrogens with one attached hydrogen (secondary N) is 1. The molecule has 2 atom stereocenters. The van der Waals surface area contributed by atoms with Crippen LogP contribution < -0.4 is 10.2 Å². The molecule has 0 aliphatic carbocycles. The van der Waals surface area contributed by atoms with E-state index in [2.05, 4.69) is 5.32 Å². The number of piperazine rings is 1. The zero-order chi connectivity index (χ0) is 14.2. The standard InChI is InChI=1S/C15H20N2O2/c1-5-15(4)14(19)17(11(3)13(18)16-15)12-8-6-10(2)7-9-12/h6-9,11H,5H2,1-4H3,(H,16,18). The van der Waals surface area contributed by atoms with Gasteiger partial charge >= 0.3 is 0 Å². The molecule has 0 bridgehead atoms. The Balaban J connectivity index is 2.43. The quantitative estimate of drug-likeness (QED) is 0.884. The third-order valence-corrected chi connectivity index (χ3v) is 3.88. The Labute approximate surface area is 113 Å². The molecular weight excluding hydrogens is 240 g/mol. The second-order valence-electron chi connectivity index (χ2n) is 5.36. The minimum absolute atomic E-state index is 0.0500. The summed E-state index contributed by atoms with van der Waals surface area (Å²) < 4.78 is 0. The second-order valence-corrected chi connectivity index (χ2v) is 5.36. The third-order valence-electron chi connectivity index (χ3n) is 3.88. The van der Waals surface area contributed by atoms with Crippen molar-refractivity contribution in [2.75, 3.05) is 4.90 Å². The lowest BCUT2D eigenvalue weighted by atomic mass is 9.91. The summed E-state index contributed by atoms with van der Waals surface area (Å²) in [5, 5.41) is 2.82. The Morgan fingerprint density at radius 2 is 1.84 bits per heavy atom. The average molecular weight is 260 g/mol. The maximum absolute atomic E-state index is 12.6. The van der Waals surface area contributed by atoms with Crippen molar-refractivity contribution in [2.45, 2.75) is 45.7 Å². The molecule has 0 radical (unpaired) electrons. The van der Waals surface area contributed by atoms with Gasteiger partial charge in [0.2, 0.25) is 5.91 Å². The van der Waals surface area contributed by atoms with Crippen molar-refractivity contribution < 1.29 is 9.59 Å². The highest BCUT2D eigenvalue weighted by Gasteiger charge is 2.45. The van der Waals surface area contributed by atoms with Gasteiger partial charge in [0.25, 0.3) is 5.91 Å². The number of carbonyl (C=O) groups excluding carboxylic acids is 2. The highest BCUT2D eigenvalue weighted by molar-refractivity contribution is 6.10. The molecule has 0 spiro atoms. The average Bonchev–Trinajstić information content (AvgIpc) is 2.39. The zero-order valence-corrected chi connectivity index (χ0v) is 11.9. The van der Waals surface area contributed by atoms with E-state index in [1.54, 1.807) is 18.7 Å². The van der Waals surface area contributed by atoms with Gasteiger partial charge in [-0.1, -0.05) is 24.6 Å². The molecule has 1 heterocycles. The first-order valence-corrected chi connectivity index (χ1v) is 6.61. The van der Waals surface area contributed by atoms with E-state index < -0.39 is 11.6 Å². The monoisotopic (exact) mass is 260 g/mol. The van der Waals surface area contributed by atoms with E-state index in [9.17, 15) is 9.59 Å². The number of amides is 2. The smallest absolute Gasteiger partial charge is 0.253 e. The summed E-state index contributed by atoms with van der Waals surface area (Å²) in [6, 6.07) is 7.20. The fourth-order valence-electron chi connectivity index (χ4n) is 2.27. The summed E-state index contributed by atoms with van der Waals surface area (Å²) >= 11 is 0. The van der Waals surface area contributed by atoms with Crippen LogP contribution in [0.2, 0.25) is 0 Å². The van der Waals surface area contributed by atoms with E-state index in [4.69, 9.17) is 0 Å². The molecule has 0 aromatic heterocycles. The first kappa shape index (κ1) is 13.6. The molecular formula is C15H20N2O2. The predicted octanol–water partition coefficient (Wildman–Crippen LogP) is 2.02. The zero-order valence-electron chi connectivity index (χ0n) is 11.9. The summed E-state index contributed by atoms with van der Waals surface area (Å²) in [4.78, 5) is 26.3. The molecule has 4 heteroatoms. The minimum atomic E-state index is -0.811. The van der Waals surface area contributed by atoms with Crippen molar-refractivity contribution in [1.82, 2.24) is 5.32 Å². The fourth-order valence-corrected chi connectivity index (χ4v) is 2.27. The molecule has 1 aliphatic heterocycles. The van der Waals surface area contributed by atoms with Crippen LogP contribution in [0.25, 0.3) is 0 Å². The number of nitrogens with zero attached hydrogens (tertiary/aromatic N) is 1. The van der Waals surface area contributed by atoms with E-state index in [1.807, 2.05) is 38.1 Å². The summed E-state index contributed by atoms with van der Waals surface area (Å²) in [6.45, 7) is 7.43. The van der Waals surface area contributed by atoms with Gasteiger partial charge in [-0.05, 0) is 39.3 Å². The molecule has 1 aliphatic rings. The molecule has 4 nitrogen and oxygen atoms in total. The van der Waals surface area contributed by atoms with E-state index >= 15 is 0 Å². The van der Waals surface area contributed by atoms with E-state index in [0.29, 0.717) is 6.42 Å². The van der Waals surface area contributed by atoms with Crippen molar-refractivity contribution in [2.24, 2.45) is 0 Å². The van der Waals surface area contributed by atoms with Crippen LogP contribution in [0.5, 0.6) is 0 Å². The summed E-state index contributed by atoms with van der Waals surface area (Å²) in [7, 11) is 0. The molecule has 2 amide bonds. The molecule has 1 fully saturated rings. The normalized spacial score (nSPS) is 27.4. The number of benzene rings is 1. The SMILES string of the molecule is CCC1(C)NC(=O)C(C)N(c2ccc(C)cc2)C1=O. The first-order chi connectivity index (χ1) is 8.89. The summed E-state index contributed by atoms with van der Waals surface area (Å²) in [5.74, 6) is -0.157. The molecule has 0 saturated carbocycles. The first-order valence-electron chi connectivity index (χ1n) is 6.61. The molecule has 19 heavy (non-hydrogen) atoms. The van der Waals surface area contributed by atoms with Crippen LogP contribution in [-0.4, -0.2) is 23.4 Å². The topological polar surface area (TPSA) is 49.4 Å². The van der Waals surface area contributed by atoms with E-state index in [0.717, 1.165) is 11.3 Å². The maximum atomic E-state index is 12.6. The highest BCUT2D eigenvalue weighted by Crippen LogP contribution is 2.27. The Kier molecular flexibility index (Phi) is 3.35. The largest absolute Gasteiger partial charge is 0.340 e. The van der Waals surface area contributed by atoms with Crippen LogP contribution in [0.15, 0.2) is 24.3 Å². The van der Waals surface area contributed by atoms with E-state index in [1.165, 1.54) is 0 Å². The number of anilines is 1. The molecule has 102 valence electrons. The van der Waals surface area contributed by atoms with Crippen LogP contribution in [-0.2, 0) is 9.59 Å². The van der Waals surface area contributed by atoms with Crippen molar-refractivity contribution in [1.29, 1.82) is 0 Å². The van der Waals surface area contributed by atoms with Gasteiger partial charge in [-0.15, -0.1) is 0 Å². The van der Waals surface area contributed by atoms with Gasteiger partial charge in [0.1, 0.15) is 11.6 Å². The van der Waals surface area contributed by atoms with Gasteiger partial charge < -0.3 is 5.32 Å². The van der Waals surface area contributed by atoms with E-state index in [-0.39, 0.29) is 11.8 Å². The van der Waals surface area contributed by atoms with Gasteiger partial charge in [-0.3, -0.25) is 14.5 Å². The molecule has 2 rings (SSSR count). The Bertz CT molecular complexity index is 509. The second kappa shape index (κ2) is 4.68.